The van der Waals surface area contributed by atoms with E-state index >= 15 is 0 Å². The molecule has 0 aliphatic rings. The Morgan fingerprint density at radius 2 is 2.35 bits per heavy atom. The first-order valence-corrected chi connectivity index (χ1v) is 7.83. The van der Waals surface area contributed by atoms with Crippen molar-refractivity contribution in [3.05, 3.63) is 39.9 Å². The van der Waals surface area contributed by atoms with Gasteiger partial charge in [0, 0.05) is 30.5 Å². The van der Waals surface area contributed by atoms with Gasteiger partial charge in [-0.05, 0) is 12.0 Å². The van der Waals surface area contributed by atoms with E-state index in [1.165, 1.54) is 6.07 Å². The Morgan fingerprint density at radius 3 is 3.00 bits per heavy atom. The first-order valence-electron chi connectivity index (χ1n) is 6.68. The van der Waals surface area contributed by atoms with Crippen molar-refractivity contribution in [3.8, 4) is 12.3 Å². The molecule has 0 radical (unpaired) electrons. The van der Waals surface area contributed by atoms with E-state index in [-0.39, 0.29) is 16.7 Å². The minimum atomic E-state index is -0.352. The molecule has 0 amide bonds. The Bertz CT molecular complexity index is 471. The topological polar surface area (TPSA) is 55.2 Å². The zero-order valence-corrected chi connectivity index (χ0v) is 12.5. The molecule has 0 saturated heterocycles. The van der Waals surface area contributed by atoms with E-state index in [0.717, 1.165) is 36.5 Å². The van der Waals surface area contributed by atoms with Crippen molar-refractivity contribution in [1.82, 2.24) is 5.32 Å². The van der Waals surface area contributed by atoms with Gasteiger partial charge < -0.3 is 5.32 Å². The number of hydrogen-bond acceptors (Lipinski definition) is 4. The lowest BCUT2D eigenvalue weighted by molar-refractivity contribution is -0.384. The second-order valence-electron chi connectivity index (χ2n) is 4.40. The molecule has 5 heteroatoms. The maximum atomic E-state index is 10.8. The van der Waals surface area contributed by atoms with Gasteiger partial charge in [-0.25, -0.2) is 0 Å². The first-order chi connectivity index (χ1) is 9.69. The van der Waals surface area contributed by atoms with E-state index in [1.54, 1.807) is 23.9 Å². The third-order valence-corrected chi connectivity index (χ3v) is 3.75. The molecule has 0 aromatic heterocycles. The molecule has 1 aromatic carbocycles. The maximum Gasteiger partial charge on any atom is 0.269 e. The van der Waals surface area contributed by atoms with Crippen molar-refractivity contribution in [2.45, 2.75) is 25.8 Å². The molecule has 0 saturated carbocycles. The summed E-state index contributed by atoms with van der Waals surface area (Å²) in [7, 11) is 0. The number of terminal acetylenes is 1. The molecule has 0 fully saturated rings. The lowest BCUT2D eigenvalue weighted by Crippen LogP contribution is -2.23. The van der Waals surface area contributed by atoms with Crippen LogP contribution in [0.5, 0.6) is 0 Å². The SMILES string of the molecule is C#CCSCCNC(CCC)c1cccc([N+](=O)[O-])c1. The molecule has 0 spiro atoms. The maximum absolute atomic E-state index is 10.8. The van der Waals surface area contributed by atoms with Gasteiger partial charge in [0.05, 0.1) is 10.7 Å². The second kappa shape index (κ2) is 9.40. The zero-order chi connectivity index (χ0) is 14.8. The molecule has 0 bridgehead atoms. The lowest BCUT2D eigenvalue weighted by atomic mass is 10.0. The van der Waals surface area contributed by atoms with Crippen LogP contribution in [0.25, 0.3) is 0 Å². The van der Waals surface area contributed by atoms with E-state index in [0.29, 0.717) is 0 Å². The number of nitro groups is 1. The third-order valence-electron chi connectivity index (χ3n) is 2.88. The molecule has 1 unspecified atom stereocenters. The smallest absolute Gasteiger partial charge is 0.269 e. The summed E-state index contributed by atoms with van der Waals surface area (Å²) in [4.78, 5) is 10.5. The van der Waals surface area contributed by atoms with E-state index in [1.807, 2.05) is 6.07 Å². The highest BCUT2D eigenvalue weighted by atomic mass is 32.2. The van der Waals surface area contributed by atoms with Crippen molar-refractivity contribution in [2.24, 2.45) is 0 Å². The van der Waals surface area contributed by atoms with Crippen LogP contribution in [0.2, 0.25) is 0 Å². The highest BCUT2D eigenvalue weighted by Gasteiger charge is 2.13. The lowest BCUT2D eigenvalue weighted by Gasteiger charge is -2.18. The minimum absolute atomic E-state index is 0.145. The van der Waals surface area contributed by atoms with Crippen LogP contribution in [-0.2, 0) is 0 Å². The third kappa shape index (κ3) is 5.64. The molecule has 1 aromatic rings. The summed E-state index contributed by atoms with van der Waals surface area (Å²) < 4.78 is 0. The van der Waals surface area contributed by atoms with Crippen LogP contribution in [0.15, 0.2) is 24.3 Å². The van der Waals surface area contributed by atoms with Crippen LogP contribution in [0.1, 0.15) is 31.4 Å². The van der Waals surface area contributed by atoms with Crippen LogP contribution in [0, 0.1) is 22.5 Å². The van der Waals surface area contributed by atoms with Gasteiger partial charge in [-0.2, -0.15) is 0 Å². The van der Waals surface area contributed by atoms with Crippen molar-refractivity contribution in [3.63, 3.8) is 0 Å². The molecule has 1 atom stereocenters. The van der Waals surface area contributed by atoms with Gasteiger partial charge in [0.2, 0.25) is 0 Å². The summed E-state index contributed by atoms with van der Waals surface area (Å²) in [6.07, 6.45) is 7.18. The van der Waals surface area contributed by atoms with Gasteiger partial charge in [0.15, 0.2) is 0 Å². The number of hydrogen-bond donors (Lipinski definition) is 1. The Kier molecular flexibility index (Phi) is 7.78. The highest BCUT2D eigenvalue weighted by Crippen LogP contribution is 2.22. The summed E-state index contributed by atoms with van der Waals surface area (Å²) in [5.74, 6) is 4.26. The van der Waals surface area contributed by atoms with Crippen LogP contribution in [0.4, 0.5) is 5.69 Å². The zero-order valence-electron chi connectivity index (χ0n) is 11.7. The minimum Gasteiger partial charge on any atom is -0.309 e. The average Bonchev–Trinajstić information content (AvgIpc) is 2.46. The number of rotatable bonds is 9. The molecule has 0 aliphatic carbocycles. The number of benzene rings is 1. The van der Waals surface area contributed by atoms with Crippen molar-refractivity contribution >= 4 is 17.4 Å². The number of nitrogens with one attached hydrogen (secondary N) is 1. The van der Waals surface area contributed by atoms with Crippen molar-refractivity contribution in [2.75, 3.05) is 18.1 Å². The predicted molar refractivity (Wildman–Crippen MR) is 84.9 cm³/mol. The van der Waals surface area contributed by atoms with Crippen molar-refractivity contribution < 1.29 is 4.92 Å². The molecule has 4 nitrogen and oxygen atoms in total. The fourth-order valence-corrected chi connectivity index (χ4v) is 2.49. The number of thioether (sulfide) groups is 1. The predicted octanol–water partition coefficient (Wildman–Crippen LogP) is 3.39. The summed E-state index contributed by atoms with van der Waals surface area (Å²) in [5.41, 5.74) is 1.12. The first kappa shape index (κ1) is 16.5. The Balaban J connectivity index is 2.63. The van der Waals surface area contributed by atoms with Gasteiger partial charge in [0.25, 0.3) is 5.69 Å². The quantitative estimate of drug-likeness (QED) is 0.328. The molecular formula is C15H20N2O2S. The summed E-state index contributed by atoms with van der Waals surface area (Å²) >= 11 is 1.71. The van der Waals surface area contributed by atoms with Gasteiger partial charge in [-0.1, -0.05) is 31.4 Å². The van der Waals surface area contributed by atoms with Crippen molar-refractivity contribution in [1.29, 1.82) is 0 Å². The molecule has 0 heterocycles. The van der Waals surface area contributed by atoms with E-state index in [4.69, 9.17) is 6.42 Å². The summed E-state index contributed by atoms with van der Waals surface area (Å²) in [6, 6.07) is 7.02. The Morgan fingerprint density at radius 1 is 1.55 bits per heavy atom. The normalized spacial score (nSPS) is 11.8. The Hall–Kier alpha value is -1.51. The summed E-state index contributed by atoms with van der Waals surface area (Å²) in [6.45, 7) is 2.96. The Labute approximate surface area is 124 Å². The molecule has 1 rings (SSSR count). The highest BCUT2D eigenvalue weighted by molar-refractivity contribution is 7.99. The van der Waals surface area contributed by atoms with Crippen LogP contribution in [0.3, 0.4) is 0 Å². The van der Waals surface area contributed by atoms with Gasteiger partial charge in [-0.3, -0.25) is 10.1 Å². The molecular weight excluding hydrogens is 272 g/mol. The van der Waals surface area contributed by atoms with Crippen LogP contribution in [-0.4, -0.2) is 23.0 Å². The number of nitrogens with zero attached hydrogens (tertiary/aromatic N) is 1. The standard InChI is InChI=1S/C15H20N2O2S/c1-3-6-15(16-9-11-20-10-4-2)13-7-5-8-14(12-13)17(18)19/h2,5,7-8,12,15-16H,3,6,9-11H2,1H3. The van der Waals surface area contributed by atoms with Crippen LogP contribution >= 0.6 is 11.8 Å². The molecule has 0 aliphatic heterocycles. The largest absolute Gasteiger partial charge is 0.309 e. The van der Waals surface area contributed by atoms with E-state index < -0.39 is 0 Å². The van der Waals surface area contributed by atoms with Gasteiger partial charge in [-0.15, -0.1) is 18.2 Å². The van der Waals surface area contributed by atoms with Crippen LogP contribution < -0.4 is 5.32 Å². The monoisotopic (exact) mass is 292 g/mol. The number of nitro benzene ring substituents is 1. The van der Waals surface area contributed by atoms with Gasteiger partial charge >= 0.3 is 0 Å². The number of non-ortho nitro benzene ring substituents is 1. The molecule has 108 valence electrons. The van der Waals surface area contributed by atoms with E-state index in [2.05, 4.69) is 18.2 Å². The van der Waals surface area contributed by atoms with Gasteiger partial charge in [0.1, 0.15) is 0 Å². The molecule has 1 N–H and O–H groups in total. The molecule has 20 heavy (non-hydrogen) atoms. The average molecular weight is 292 g/mol. The summed E-state index contributed by atoms with van der Waals surface area (Å²) in [5, 5.41) is 14.3. The fourth-order valence-electron chi connectivity index (χ4n) is 1.97. The van der Waals surface area contributed by atoms with E-state index in [9.17, 15) is 10.1 Å². The fraction of sp³-hybridized carbons (Fsp3) is 0.467. The second-order valence-corrected chi connectivity index (χ2v) is 5.51.